The lowest BCUT2D eigenvalue weighted by Crippen LogP contribution is -2.16. The van der Waals surface area contributed by atoms with E-state index in [1.54, 1.807) is 6.20 Å². The summed E-state index contributed by atoms with van der Waals surface area (Å²) in [5.74, 6) is -1.47. The maximum atomic E-state index is 12.0. The number of hydrogen-bond acceptors (Lipinski definition) is 6. The fourth-order valence-corrected chi connectivity index (χ4v) is 3.04. The molecular formula is C25H23F3N5O4-. The molecule has 0 aliphatic rings. The van der Waals surface area contributed by atoms with Crippen LogP contribution in [0.25, 0.3) is 17.9 Å². The summed E-state index contributed by atoms with van der Waals surface area (Å²) in [5, 5.41) is 16.3. The highest BCUT2D eigenvalue weighted by atomic mass is 19.4. The van der Waals surface area contributed by atoms with Crippen molar-refractivity contribution in [1.82, 2.24) is 20.0 Å². The Balaban J connectivity index is 0.000000213. The first kappa shape index (κ1) is 27.0. The molecule has 0 saturated heterocycles. The summed E-state index contributed by atoms with van der Waals surface area (Å²) in [7, 11) is 0. The number of aromatic nitrogens is 4. The van der Waals surface area contributed by atoms with E-state index in [4.69, 9.17) is 15.3 Å². The summed E-state index contributed by atoms with van der Waals surface area (Å²) in [6.45, 7) is 0.927. The van der Waals surface area contributed by atoms with Gasteiger partial charge in [-0.1, -0.05) is 41.6 Å². The van der Waals surface area contributed by atoms with Crippen LogP contribution < -0.4 is 4.74 Å². The number of alkyl halides is 3. The van der Waals surface area contributed by atoms with Crippen molar-refractivity contribution in [3.8, 4) is 5.75 Å². The lowest BCUT2D eigenvalue weighted by Gasteiger charge is -2.08. The maximum Gasteiger partial charge on any atom is 0.573 e. The molecule has 0 aliphatic heterocycles. The van der Waals surface area contributed by atoms with Crippen molar-refractivity contribution in [1.29, 1.82) is 0 Å². The number of benzene rings is 2. The predicted molar refractivity (Wildman–Crippen MR) is 129 cm³/mol. The highest BCUT2D eigenvalue weighted by Crippen LogP contribution is 2.23. The molecule has 0 aliphatic carbocycles. The molecule has 0 atom stereocenters. The second kappa shape index (κ2) is 12.9. The lowest BCUT2D eigenvalue weighted by molar-refractivity contribution is -0.274. The van der Waals surface area contributed by atoms with Crippen LogP contribution >= 0.6 is 0 Å². The molecule has 4 aromatic rings. The second-order valence-electron chi connectivity index (χ2n) is 7.65. The van der Waals surface area contributed by atoms with Gasteiger partial charge in [-0.15, -0.1) is 24.0 Å². The minimum Gasteiger partial charge on any atom is -0.699 e. The molecule has 37 heavy (non-hydrogen) atoms. The Morgan fingerprint density at radius 1 is 1.08 bits per heavy atom. The topological polar surface area (TPSA) is 127 Å². The molecule has 2 aromatic heterocycles. The van der Waals surface area contributed by atoms with Gasteiger partial charge in [0.05, 0.1) is 6.20 Å². The molecule has 2 aromatic carbocycles. The molecule has 0 bridgehead atoms. The van der Waals surface area contributed by atoms with Gasteiger partial charge in [0.15, 0.2) is 5.69 Å². The van der Waals surface area contributed by atoms with E-state index < -0.39 is 12.3 Å². The van der Waals surface area contributed by atoms with Crippen LogP contribution in [0, 0.1) is 0 Å². The zero-order valence-corrected chi connectivity index (χ0v) is 19.4. The number of nitrogens with zero attached hydrogens (tertiary/aromatic N) is 4. The quantitative estimate of drug-likeness (QED) is 0.255. The monoisotopic (exact) mass is 514 g/mol. The van der Waals surface area contributed by atoms with E-state index in [1.807, 2.05) is 35.1 Å². The van der Waals surface area contributed by atoms with Crippen LogP contribution in [0.2, 0.25) is 0 Å². The molecule has 0 spiro atoms. The fraction of sp³-hybridized carbons (Fsp3) is 0.200. The smallest absolute Gasteiger partial charge is 0.573 e. The van der Waals surface area contributed by atoms with Crippen molar-refractivity contribution < 1.29 is 32.2 Å². The van der Waals surface area contributed by atoms with Gasteiger partial charge in [0.1, 0.15) is 12.0 Å². The maximum absolute atomic E-state index is 12.0. The van der Waals surface area contributed by atoms with Gasteiger partial charge in [-0.05, 0) is 48.6 Å². The number of hydrogen-bond donors (Lipinski definition) is 1. The minimum atomic E-state index is -4.73. The van der Waals surface area contributed by atoms with Crippen molar-refractivity contribution >= 4 is 23.8 Å². The first-order chi connectivity index (χ1) is 17.7. The number of carboxylic acid groups (broad SMARTS) is 1. The third-order valence-corrected chi connectivity index (χ3v) is 4.80. The van der Waals surface area contributed by atoms with E-state index in [2.05, 4.69) is 20.0 Å². The Kier molecular flexibility index (Phi) is 9.41. The van der Waals surface area contributed by atoms with Crippen LogP contribution in [-0.2, 0) is 13.0 Å². The molecule has 2 N–H and O–H groups in total. The number of unbranched alkanes of at least 4 members (excludes halogenated alkanes) is 1. The molecular weight excluding hydrogens is 491 g/mol. The molecule has 0 fully saturated rings. The van der Waals surface area contributed by atoms with Crippen LogP contribution in [0.5, 0.6) is 5.75 Å². The summed E-state index contributed by atoms with van der Waals surface area (Å²) in [5.41, 5.74) is 9.59. The summed E-state index contributed by atoms with van der Waals surface area (Å²) in [6.07, 6.45) is 6.05. The van der Waals surface area contributed by atoms with Crippen molar-refractivity contribution in [3.05, 3.63) is 95.6 Å². The summed E-state index contributed by atoms with van der Waals surface area (Å²) in [6, 6.07) is 12.9. The van der Waals surface area contributed by atoms with E-state index >= 15 is 0 Å². The third kappa shape index (κ3) is 9.88. The Morgan fingerprint density at radius 3 is 2.41 bits per heavy atom. The predicted octanol–water partition coefficient (Wildman–Crippen LogP) is 6.43. The Hall–Kier alpha value is -4.61. The number of aromatic carboxylic acids is 1. The average molecular weight is 514 g/mol. The zero-order chi connectivity index (χ0) is 26.7. The van der Waals surface area contributed by atoms with Crippen LogP contribution in [-0.4, -0.2) is 37.4 Å². The average Bonchev–Trinajstić information content (AvgIpc) is 3.55. The number of ether oxygens (including phenoxy) is 1. The molecule has 0 unspecified atom stereocenters. The SMILES string of the molecule is O=C(O)c1coc(C=Cc2ccc(OC(F)(F)F)cc2)n1.[NH-]c1ccc(CCCCn2ccnn2)cc1. The summed E-state index contributed by atoms with van der Waals surface area (Å²) < 4.78 is 46.4. The zero-order valence-electron chi connectivity index (χ0n) is 19.4. The van der Waals surface area contributed by atoms with E-state index in [0.29, 0.717) is 11.3 Å². The van der Waals surface area contributed by atoms with Crippen molar-refractivity contribution in [2.24, 2.45) is 0 Å². The number of oxazole rings is 1. The first-order valence-electron chi connectivity index (χ1n) is 11.1. The van der Waals surface area contributed by atoms with Crippen molar-refractivity contribution in [2.75, 3.05) is 0 Å². The first-order valence-corrected chi connectivity index (χ1v) is 11.1. The highest BCUT2D eigenvalue weighted by Gasteiger charge is 2.30. The third-order valence-electron chi connectivity index (χ3n) is 4.80. The number of aryl methyl sites for hydroxylation is 2. The van der Waals surface area contributed by atoms with E-state index in [0.717, 1.165) is 44.2 Å². The van der Waals surface area contributed by atoms with E-state index in [1.165, 1.54) is 29.8 Å². The number of carboxylic acids is 1. The van der Waals surface area contributed by atoms with Crippen LogP contribution in [0.1, 0.15) is 40.3 Å². The number of halogens is 3. The summed E-state index contributed by atoms with van der Waals surface area (Å²) >= 11 is 0. The molecule has 0 saturated carbocycles. The van der Waals surface area contributed by atoms with Gasteiger partial charge in [-0.2, -0.15) is 0 Å². The van der Waals surface area contributed by atoms with Crippen molar-refractivity contribution in [3.63, 3.8) is 0 Å². The van der Waals surface area contributed by atoms with Crippen LogP contribution in [0.15, 0.2) is 71.6 Å². The molecule has 194 valence electrons. The molecule has 2 heterocycles. The Labute approximate surface area is 210 Å². The molecule has 0 radical (unpaired) electrons. The van der Waals surface area contributed by atoms with Crippen molar-refractivity contribution in [2.45, 2.75) is 32.2 Å². The minimum absolute atomic E-state index is 0.0722. The largest absolute Gasteiger partial charge is 0.699 e. The van der Waals surface area contributed by atoms with E-state index in [-0.39, 0.29) is 17.3 Å². The summed E-state index contributed by atoms with van der Waals surface area (Å²) in [4.78, 5) is 14.3. The van der Waals surface area contributed by atoms with Crippen LogP contribution in [0.4, 0.5) is 18.9 Å². The number of rotatable bonds is 9. The van der Waals surface area contributed by atoms with Gasteiger partial charge in [0.2, 0.25) is 5.89 Å². The Morgan fingerprint density at radius 2 is 1.81 bits per heavy atom. The Bertz CT molecular complexity index is 1270. The molecule has 12 heteroatoms. The molecule has 9 nitrogen and oxygen atoms in total. The lowest BCUT2D eigenvalue weighted by atomic mass is 10.1. The highest BCUT2D eigenvalue weighted by molar-refractivity contribution is 5.85. The second-order valence-corrected chi connectivity index (χ2v) is 7.65. The van der Waals surface area contributed by atoms with E-state index in [9.17, 15) is 18.0 Å². The number of carbonyl (C=O) groups is 1. The van der Waals surface area contributed by atoms with Gasteiger partial charge in [0, 0.05) is 18.8 Å². The van der Waals surface area contributed by atoms with Gasteiger partial charge in [0.25, 0.3) is 0 Å². The van der Waals surface area contributed by atoms with Gasteiger partial charge in [-0.3, -0.25) is 4.68 Å². The normalized spacial score (nSPS) is 11.2. The van der Waals surface area contributed by atoms with Crippen LogP contribution in [0.3, 0.4) is 0 Å². The standard InChI is InChI=1S/C13H8F3NO4.C12H15N4/c14-13(15,16)21-9-4-1-8(2-5-9)3-6-11-17-10(7-20-11)12(18)19;13-12-6-4-11(5-7-12)3-1-2-9-16-10-8-14-15-16/h1-7H,(H,18,19);4-8,10,13H,1-3,9H2/q;-1. The fourth-order valence-electron chi connectivity index (χ4n) is 3.04. The molecule has 4 rings (SSSR count). The van der Waals surface area contributed by atoms with Gasteiger partial charge < -0.3 is 20.0 Å². The number of nitrogens with one attached hydrogen (secondary N) is 1. The van der Waals surface area contributed by atoms with Gasteiger partial charge >= 0.3 is 12.3 Å². The molecule has 0 amide bonds. The van der Waals surface area contributed by atoms with Gasteiger partial charge in [-0.25, -0.2) is 9.78 Å².